The van der Waals surface area contributed by atoms with Gasteiger partial charge in [0.2, 0.25) is 15.9 Å². The van der Waals surface area contributed by atoms with Crippen molar-refractivity contribution in [3.63, 3.8) is 0 Å². The summed E-state index contributed by atoms with van der Waals surface area (Å²) in [6.45, 7) is 5.60. The fraction of sp³-hybridized carbons (Fsp3) is 0.500. The third-order valence-electron chi connectivity index (χ3n) is 5.60. The highest BCUT2D eigenvalue weighted by atomic mass is 32.2. The molecule has 1 aliphatic heterocycles. The van der Waals surface area contributed by atoms with Crippen molar-refractivity contribution >= 4 is 26.7 Å². The van der Waals surface area contributed by atoms with E-state index in [9.17, 15) is 13.2 Å². The van der Waals surface area contributed by atoms with Crippen LogP contribution < -0.4 is 4.72 Å². The average Bonchev–Trinajstić information content (AvgIpc) is 2.70. The highest BCUT2D eigenvalue weighted by molar-refractivity contribution is 7.88. The van der Waals surface area contributed by atoms with Crippen LogP contribution in [0.2, 0.25) is 0 Å². The predicted molar refractivity (Wildman–Crippen MR) is 117 cm³/mol. The second-order valence-electron chi connectivity index (χ2n) is 7.71. The molecule has 1 saturated heterocycles. The average molecular weight is 418 g/mol. The van der Waals surface area contributed by atoms with Gasteiger partial charge in [-0.2, -0.15) is 0 Å². The summed E-state index contributed by atoms with van der Waals surface area (Å²) < 4.78 is 25.0. The maximum Gasteiger partial charge on any atom is 0.239 e. The maximum absolute atomic E-state index is 13.1. The number of likely N-dealkylation sites (N-methyl/N-ethyl adjacent to an activating group) is 1. The summed E-state index contributed by atoms with van der Waals surface area (Å²) in [5.74, 6) is 0.165. The van der Waals surface area contributed by atoms with Crippen LogP contribution in [-0.2, 0) is 21.2 Å². The molecule has 0 aromatic heterocycles. The third-order valence-corrected chi connectivity index (χ3v) is 6.33. The van der Waals surface area contributed by atoms with Gasteiger partial charge in [-0.3, -0.25) is 9.69 Å². The molecule has 7 heteroatoms. The highest BCUT2D eigenvalue weighted by Crippen LogP contribution is 2.19. The largest absolute Gasteiger partial charge is 0.340 e. The molecule has 6 nitrogen and oxygen atoms in total. The zero-order valence-corrected chi connectivity index (χ0v) is 18.1. The molecule has 1 atom stereocenters. The molecule has 0 aliphatic carbocycles. The Kier molecular flexibility index (Phi) is 7.27. The first kappa shape index (κ1) is 21.7. The molecule has 1 fully saturated rings. The van der Waals surface area contributed by atoms with Gasteiger partial charge in [-0.1, -0.05) is 49.4 Å². The van der Waals surface area contributed by atoms with Gasteiger partial charge >= 0.3 is 0 Å². The number of nitrogens with zero attached hydrogens (tertiary/aromatic N) is 2. The number of hydrogen-bond donors (Lipinski definition) is 1. The van der Waals surface area contributed by atoms with Crippen LogP contribution in [0.1, 0.15) is 25.3 Å². The molecule has 0 bridgehead atoms. The lowest BCUT2D eigenvalue weighted by atomic mass is 10.0. The monoisotopic (exact) mass is 417 g/mol. The molecule has 29 heavy (non-hydrogen) atoms. The van der Waals surface area contributed by atoms with Crippen LogP contribution in [0.5, 0.6) is 0 Å². The number of amides is 1. The van der Waals surface area contributed by atoms with Crippen molar-refractivity contribution in [1.29, 1.82) is 0 Å². The number of carbonyl (C=O) groups excluding carboxylic acids is 1. The first-order valence-corrected chi connectivity index (χ1v) is 12.2. The number of sulfonamides is 1. The van der Waals surface area contributed by atoms with Gasteiger partial charge in [0.1, 0.15) is 0 Å². The van der Waals surface area contributed by atoms with E-state index in [0.717, 1.165) is 32.3 Å². The van der Waals surface area contributed by atoms with E-state index >= 15 is 0 Å². The minimum Gasteiger partial charge on any atom is -0.340 e. The van der Waals surface area contributed by atoms with Gasteiger partial charge in [-0.25, -0.2) is 13.1 Å². The minimum atomic E-state index is -3.18. The topological polar surface area (TPSA) is 69.7 Å². The Morgan fingerprint density at radius 1 is 1.10 bits per heavy atom. The number of fused-ring (bicyclic) bond motifs is 1. The Hall–Kier alpha value is -1.96. The van der Waals surface area contributed by atoms with Gasteiger partial charge in [-0.15, -0.1) is 0 Å². The van der Waals surface area contributed by atoms with Crippen molar-refractivity contribution < 1.29 is 13.2 Å². The summed E-state index contributed by atoms with van der Waals surface area (Å²) in [6, 6.07) is 14.6. The van der Waals surface area contributed by atoms with E-state index in [-0.39, 0.29) is 11.9 Å². The predicted octanol–water partition coefficient (Wildman–Crippen LogP) is 2.24. The molecule has 0 spiro atoms. The zero-order valence-electron chi connectivity index (χ0n) is 17.3. The Bertz CT molecular complexity index is 945. The lowest BCUT2D eigenvalue weighted by Crippen LogP contribution is -2.57. The van der Waals surface area contributed by atoms with Crippen LogP contribution in [0.3, 0.4) is 0 Å². The normalized spacial score (nSPS) is 18.5. The number of rotatable bonds is 9. The number of benzene rings is 2. The van der Waals surface area contributed by atoms with Crippen molar-refractivity contribution in [3.8, 4) is 0 Å². The molecule has 1 N–H and O–H groups in total. The Labute approximate surface area is 173 Å². The summed E-state index contributed by atoms with van der Waals surface area (Å²) >= 11 is 0. The van der Waals surface area contributed by atoms with Gasteiger partial charge in [0.25, 0.3) is 0 Å². The summed E-state index contributed by atoms with van der Waals surface area (Å²) in [4.78, 5) is 17.2. The van der Waals surface area contributed by atoms with Crippen molar-refractivity contribution in [1.82, 2.24) is 14.5 Å². The van der Waals surface area contributed by atoms with E-state index in [1.807, 2.05) is 17.0 Å². The molecule has 1 heterocycles. The Balaban J connectivity index is 1.58. The summed E-state index contributed by atoms with van der Waals surface area (Å²) in [5, 5.41) is 2.45. The van der Waals surface area contributed by atoms with Gasteiger partial charge in [0.05, 0.1) is 12.3 Å². The molecule has 0 radical (unpaired) electrons. The maximum atomic E-state index is 13.1. The molecule has 2 aromatic rings. The molecule has 0 unspecified atom stereocenters. The number of piperazine rings is 1. The van der Waals surface area contributed by atoms with Crippen molar-refractivity contribution in [3.05, 3.63) is 48.0 Å². The van der Waals surface area contributed by atoms with E-state index in [1.165, 1.54) is 16.3 Å². The van der Waals surface area contributed by atoms with E-state index in [2.05, 4.69) is 46.9 Å². The van der Waals surface area contributed by atoms with Crippen molar-refractivity contribution in [2.45, 2.75) is 32.2 Å². The molecule has 1 aliphatic rings. The molecular weight excluding hydrogens is 386 g/mol. The molecule has 0 saturated carbocycles. The van der Waals surface area contributed by atoms with E-state index < -0.39 is 10.0 Å². The molecule has 2 aromatic carbocycles. The van der Waals surface area contributed by atoms with Crippen LogP contribution >= 0.6 is 0 Å². The fourth-order valence-corrected chi connectivity index (χ4v) is 4.52. The van der Waals surface area contributed by atoms with Crippen molar-refractivity contribution in [2.24, 2.45) is 0 Å². The van der Waals surface area contributed by atoms with Crippen LogP contribution in [0.15, 0.2) is 42.5 Å². The fourth-order valence-electron chi connectivity index (χ4n) is 4.00. The quantitative estimate of drug-likeness (QED) is 0.636. The highest BCUT2D eigenvalue weighted by Gasteiger charge is 2.33. The van der Waals surface area contributed by atoms with Gasteiger partial charge in [0, 0.05) is 26.2 Å². The standard InChI is InChI=1S/C22H31N3O3S/c1-3-24-15-16-25(22(26)21(24)9-6-13-23-29(2,27)28)14-12-18-10-11-19-7-4-5-8-20(19)17-18/h4-5,7-8,10-11,17,21,23H,3,6,9,12-16H2,1-2H3/t21-/m1/s1. The lowest BCUT2D eigenvalue weighted by Gasteiger charge is -2.40. The Morgan fingerprint density at radius 3 is 2.59 bits per heavy atom. The first-order valence-electron chi connectivity index (χ1n) is 10.3. The SMILES string of the molecule is CCN1CCN(CCc2ccc3ccccc3c2)C(=O)[C@H]1CCCNS(C)(=O)=O. The minimum absolute atomic E-state index is 0.160. The molecule has 158 valence electrons. The first-order chi connectivity index (χ1) is 13.9. The van der Waals surface area contributed by atoms with Gasteiger partial charge < -0.3 is 4.90 Å². The number of carbonyl (C=O) groups is 1. The van der Waals surface area contributed by atoms with E-state index in [0.29, 0.717) is 25.9 Å². The van der Waals surface area contributed by atoms with Crippen LogP contribution in [0.4, 0.5) is 0 Å². The number of nitrogens with one attached hydrogen (secondary N) is 1. The second-order valence-corrected chi connectivity index (χ2v) is 9.54. The summed E-state index contributed by atoms with van der Waals surface area (Å²) in [7, 11) is -3.18. The van der Waals surface area contributed by atoms with E-state index in [4.69, 9.17) is 0 Å². The molecule has 1 amide bonds. The van der Waals surface area contributed by atoms with Crippen LogP contribution in [0, 0.1) is 0 Å². The summed E-state index contributed by atoms with van der Waals surface area (Å²) in [5.41, 5.74) is 1.24. The van der Waals surface area contributed by atoms with Crippen LogP contribution in [0.25, 0.3) is 10.8 Å². The smallest absolute Gasteiger partial charge is 0.239 e. The third kappa shape index (κ3) is 6.01. The van der Waals surface area contributed by atoms with Gasteiger partial charge in [-0.05, 0) is 42.1 Å². The molecule has 3 rings (SSSR count). The van der Waals surface area contributed by atoms with Crippen LogP contribution in [-0.4, -0.2) is 69.1 Å². The molecular formula is C22H31N3O3S. The van der Waals surface area contributed by atoms with E-state index in [1.54, 1.807) is 0 Å². The van der Waals surface area contributed by atoms with Gasteiger partial charge in [0.15, 0.2) is 0 Å². The van der Waals surface area contributed by atoms with Crippen molar-refractivity contribution in [2.75, 3.05) is 39.0 Å². The Morgan fingerprint density at radius 2 is 1.86 bits per heavy atom. The number of hydrogen-bond acceptors (Lipinski definition) is 4. The lowest BCUT2D eigenvalue weighted by molar-refractivity contribution is -0.142. The summed E-state index contributed by atoms with van der Waals surface area (Å²) in [6.07, 6.45) is 3.32. The second kappa shape index (κ2) is 9.69. The zero-order chi connectivity index (χ0) is 20.9.